The summed E-state index contributed by atoms with van der Waals surface area (Å²) in [6.45, 7) is -1.14. The van der Waals surface area contributed by atoms with Crippen molar-refractivity contribution < 1.29 is 18.3 Å². The molecule has 1 heterocycles. The number of hydrogen-bond acceptors (Lipinski definition) is 4. The normalized spacial score (nSPS) is 14.4. The maximum Gasteiger partial charge on any atom is 0.387 e. The minimum atomic E-state index is -2.95. The Hall–Kier alpha value is -2.61. The van der Waals surface area contributed by atoms with Crippen LogP contribution in [0.25, 0.3) is 0 Å². The number of thioether (sulfide) groups is 1. The van der Waals surface area contributed by atoms with Crippen LogP contribution in [0.1, 0.15) is 12.8 Å². The number of likely N-dealkylation sites (tertiary alicyclic amines) is 1. The number of halogens is 2. The smallest absolute Gasteiger partial charge is 0.387 e. The Morgan fingerprint density at radius 1 is 1.11 bits per heavy atom. The molecule has 8 heteroatoms. The lowest BCUT2D eigenvalue weighted by molar-refractivity contribution is -0.113. The van der Waals surface area contributed by atoms with Gasteiger partial charge < -0.3 is 15.0 Å². The summed E-state index contributed by atoms with van der Waals surface area (Å²) < 4.78 is 29.5. The number of carbonyl (C=O) groups is 1. The zero-order valence-electron chi connectivity index (χ0n) is 15.2. The molecule has 1 N–H and O–H groups in total. The molecular weight excluding hydrogens is 384 g/mol. The van der Waals surface area contributed by atoms with Gasteiger partial charge in [-0.15, -0.1) is 0 Å². The summed E-state index contributed by atoms with van der Waals surface area (Å²) in [7, 11) is 0. The molecule has 1 fully saturated rings. The van der Waals surface area contributed by atoms with Gasteiger partial charge >= 0.3 is 6.61 Å². The zero-order chi connectivity index (χ0) is 19.8. The van der Waals surface area contributed by atoms with Crippen LogP contribution in [-0.4, -0.2) is 41.4 Å². The van der Waals surface area contributed by atoms with Crippen LogP contribution >= 0.6 is 11.8 Å². The standard InChI is InChI=1S/C20H21F2N3O2S/c21-19(22)27-17-11-5-4-10-16(17)24-18(26)14-28-20(25-12-6-7-13-25)23-15-8-2-1-3-9-15/h1-5,8-11,19H,6-7,12-14H2,(H,24,26). The Balaban J connectivity index is 1.65. The first-order valence-corrected chi connectivity index (χ1v) is 9.95. The molecule has 0 radical (unpaired) electrons. The molecule has 1 aliphatic rings. The second-order valence-corrected chi connectivity index (χ2v) is 7.08. The first kappa shape index (κ1) is 20.1. The summed E-state index contributed by atoms with van der Waals surface area (Å²) >= 11 is 1.34. The van der Waals surface area contributed by atoms with Crippen molar-refractivity contribution in [2.75, 3.05) is 24.2 Å². The van der Waals surface area contributed by atoms with Crippen molar-refractivity contribution in [3.8, 4) is 5.75 Å². The van der Waals surface area contributed by atoms with Crippen LogP contribution in [0.2, 0.25) is 0 Å². The zero-order valence-corrected chi connectivity index (χ0v) is 16.0. The van der Waals surface area contributed by atoms with E-state index in [-0.39, 0.29) is 23.1 Å². The van der Waals surface area contributed by atoms with Gasteiger partial charge in [0.25, 0.3) is 0 Å². The third-order valence-corrected chi connectivity index (χ3v) is 5.08. The summed E-state index contributed by atoms with van der Waals surface area (Å²) in [6.07, 6.45) is 2.19. The average Bonchev–Trinajstić information content (AvgIpc) is 3.22. The first-order chi connectivity index (χ1) is 13.6. The van der Waals surface area contributed by atoms with Crippen molar-refractivity contribution in [2.24, 2.45) is 4.99 Å². The predicted octanol–water partition coefficient (Wildman–Crippen LogP) is 4.74. The fourth-order valence-electron chi connectivity index (χ4n) is 2.80. The molecule has 2 aromatic carbocycles. The maximum absolute atomic E-state index is 12.5. The van der Waals surface area contributed by atoms with Crippen LogP contribution in [-0.2, 0) is 4.79 Å². The second kappa shape index (κ2) is 10.1. The number of alkyl halides is 2. The van der Waals surface area contributed by atoms with Crippen LogP contribution in [0.4, 0.5) is 20.2 Å². The van der Waals surface area contributed by atoms with E-state index >= 15 is 0 Å². The highest BCUT2D eigenvalue weighted by Gasteiger charge is 2.19. The molecule has 2 aromatic rings. The Bertz CT molecular complexity index is 812. The number of benzene rings is 2. The summed E-state index contributed by atoms with van der Waals surface area (Å²) in [6, 6.07) is 15.7. The van der Waals surface area contributed by atoms with Gasteiger partial charge in [-0.1, -0.05) is 42.1 Å². The fourth-order valence-corrected chi connectivity index (χ4v) is 3.67. The molecule has 0 aromatic heterocycles. The van der Waals surface area contributed by atoms with E-state index in [9.17, 15) is 13.6 Å². The van der Waals surface area contributed by atoms with Crippen molar-refractivity contribution in [3.63, 3.8) is 0 Å². The largest absolute Gasteiger partial charge is 0.433 e. The molecule has 0 atom stereocenters. The first-order valence-electron chi connectivity index (χ1n) is 8.97. The number of hydrogen-bond donors (Lipinski definition) is 1. The van der Waals surface area contributed by atoms with Gasteiger partial charge in [0.15, 0.2) is 5.17 Å². The Morgan fingerprint density at radius 2 is 1.79 bits per heavy atom. The van der Waals surface area contributed by atoms with Crippen molar-refractivity contribution in [1.82, 2.24) is 4.90 Å². The summed E-state index contributed by atoms with van der Waals surface area (Å²) in [5.41, 5.74) is 1.05. The molecule has 0 aliphatic carbocycles. The molecule has 1 aliphatic heterocycles. The molecule has 28 heavy (non-hydrogen) atoms. The van der Waals surface area contributed by atoms with Crippen molar-refractivity contribution in [2.45, 2.75) is 19.5 Å². The Morgan fingerprint density at radius 3 is 2.50 bits per heavy atom. The van der Waals surface area contributed by atoms with Gasteiger partial charge in [0.05, 0.1) is 17.1 Å². The number of carbonyl (C=O) groups excluding carboxylic acids is 1. The third-order valence-electron chi connectivity index (χ3n) is 4.07. The summed E-state index contributed by atoms with van der Waals surface area (Å²) in [5.74, 6) is -0.255. The van der Waals surface area contributed by atoms with E-state index in [0.29, 0.717) is 0 Å². The number of aliphatic imine (C=N–C) groups is 1. The Labute approximate surface area is 166 Å². The van der Waals surface area contributed by atoms with Gasteiger partial charge in [-0.25, -0.2) is 4.99 Å². The number of para-hydroxylation sites is 3. The number of nitrogens with one attached hydrogen (secondary N) is 1. The summed E-state index contributed by atoms with van der Waals surface area (Å²) in [4.78, 5) is 19.2. The van der Waals surface area contributed by atoms with Gasteiger partial charge in [-0.3, -0.25) is 4.79 Å². The monoisotopic (exact) mass is 405 g/mol. The molecule has 0 spiro atoms. The molecule has 3 rings (SSSR count). The lowest BCUT2D eigenvalue weighted by atomic mass is 10.3. The van der Waals surface area contributed by atoms with Gasteiger partial charge in [0.2, 0.25) is 5.91 Å². The van der Waals surface area contributed by atoms with E-state index < -0.39 is 6.61 Å². The van der Waals surface area contributed by atoms with E-state index in [4.69, 9.17) is 0 Å². The number of anilines is 1. The average molecular weight is 405 g/mol. The van der Waals surface area contributed by atoms with E-state index in [1.807, 2.05) is 30.3 Å². The Kier molecular flexibility index (Phi) is 7.25. The van der Waals surface area contributed by atoms with Crippen LogP contribution in [0.5, 0.6) is 5.75 Å². The lowest BCUT2D eigenvalue weighted by Gasteiger charge is -2.19. The molecule has 5 nitrogen and oxygen atoms in total. The molecule has 0 saturated carbocycles. The number of amidine groups is 1. The highest BCUT2D eigenvalue weighted by molar-refractivity contribution is 8.14. The van der Waals surface area contributed by atoms with Gasteiger partial charge in [-0.2, -0.15) is 8.78 Å². The molecular formula is C20H21F2N3O2S. The topological polar surface area (TPSA) is 53.9 Å². The summed E-state index contributed by atoms with van der Waals surface area (Å²) in [5, 5.41) is 3.42. The van der Waals surface area contributed by atoms with E-state index in [1.165, 1.54) is 23.9 Å². The van der Waals surface area contributed by atoms with Crippen LogP contribution in [0.3, 0.4) is 0 Å². The molecule has 1 saturated heterocycles. The van der Waals surface area contributed by atoms with Crippen LogP contribution in [0.15, 0.2) is 59.6 Å². The minimum absolute atomic E-state index is 0.0615. The fraction of sp³-hybridized carbons (Fsp3) is 0.300. The SMILES string of the molecule is O=C(CSC(=Nc1ccccc1)N1CCCC1)Nc1ccccc1OC(F)F. The number of nitrogens with zero attached hydrogens (tertiary/aromatic N) is 2. The van der Waals surface area contributed by atoms with E-state index in [1.54, 1.807) is 12.1 Å². The van der Waals surface area contributed by atoms with E-state index in [2.05, 4.69) is 19.9 Å². The van der Waals surface area contributed by atoms with Gasteiger partial charge in [-0.05, 0) is 37.1 Å². The predicted molar refractivity (Wildman–Crippen MR) is 109 cm³/mol. The molecule has 1 amide bonds. The maximum atomic E-state index is 12.5. The third kappa shape index (κ3) is 5.95. The van der Waals surface area contributed by atoms with Gasteiger partial charge in [0, 0.05) is 13.1 Å². The van der Waals surface area contributed by atoms with Crippen LogP contribution < -0.4 is 10.1 Å². The van der Waals surface area contributed by atoms with Crippen molar-refractivity contribution >= 4 is 34.2 Å². The highest BCUT2D eigenvalue weighted by atomic mass is 32.2. The quantitative estimate of drug-likeness (QED) is 0.557. The number of rotatable bonds is 6. The lowest BCUT2D eigenvalue weighted by Crippen LogP contribution is -2.27. The molecule has 148 valence electrons. The van der Waals surface area contributed by atoms with Crippen molar-refractivity contribution in [1.29, 1.82) is 0 Å². The number of amides is 1. The highest BCUT2D eigenvalue weighted by Crippen LogP contribution is 2.26. The van der Waals surface area contributed by atoms with Gasteiger partial charge in [0.1, 0.15) is 5.75 Å². The molecule has 0 bridgehead atoms. The van der Waals surface area contributed by atoms with Crippen molar-refractivity contribution in [3.05, 3.63) is 54.6 Å². The van der Waals surface area contributed by atoms with E-state index in [0.717, 1.165) is 36.8 Å². The number of ether oxygens (including phenoxy) is 1. The van der Waals surface area contributed by atoms with Crippen LogP contribution in [0, 0.1) is 0 Å². The minimum Gasteiger partial charge on any atom is -0.433 e. The second-order valence-electron chi connectivity index (χ2n) is 6.14. The molecule has 0 unspecified atom stereocenters.